The van der Waals surface area contributed by atoms with Crippen LogP contribution in [0, 0.1) is 0 Å². The molecule has 19 heavy (non-hydrogen) atoms. The number of rotatable bonds is 3. The molecule has 1 aromatic carbocycles. The molecule has 0 atom stereocenters. The van der Waals surface area contributed by atoms with Crippen LogP contribution in [0.3, 0.4) is 0 Å². The second kappa shape index (κ2) is 4.71. The van der Waals surface area contributed by atoms with E-state index in [-0.39, 0.29) is 6.54 Å². The highest BCUT2D eigenvalue weighted by atomic mass is 35.5. The van der Waals surface area contributed by atoms with Gasteiger partial charge in [0.25, 0.3) is 0 Å². The number of benzene rings is 1. The Kier molecular flexibility index (Phi) is 3.04. The zero-order valence-electron chi connectivity index (χ0n) is 10.3. The van der Waals surface area contributed by atoms with Crippen molar-refractivity contribution in [2.75, 3.05) is 13.7 Å². The number of nitrogens with zero attached hydrogens (tertiary/aromatic N) is 2. The van der Waals surface area contributed by atoms with Crippen LogP contribution < -0.4 is 15.2 Å². The molecule has 1 aliphatic rings. The Morgan fingerprint density at radius 1 is 1.53 bits per heavy atom. The molecule has 100 valence electrons. The third-order valence-corrected chi connectivity index (χ3v) is 3.41. The molecule has 0 bridgehead atoms. The van der Waals surface area contributed by atoms with Gasteiger partial charge in [0, 0.05) is 17.5 Å². The standard InChI is InChI=1S/C12H12ClN3O3/c1-17-8-4-7(12-15-9(5-14)19-16-12)10(13)6-2-3-18-11(6)8/h4H,2-3,5,14H2,1H3. The summed E-state index contributed by atoms with van der Waals surface area (Å²) < 4.78 is 15.8. The number of methoxy groups -OCH3 is 1. The highest BCUT2D eigenvalue weighted by Gasteiger charge is 2.25. The second-order valence-electron chi connectivity index (χ2n) is 4.06. The van der Waals surface area contributed by atoms with E-state index in [0.717, 1.165) is 12.0 Å². The van der Waals surface area contributed by atoms with Gasteiger partial charge in [-0.15, -0.1) is 0 Å². The van der Waals surface area contributed by atoms with Crippen molar-refractivity contribution in [3.63, 3.8) is 0 Å². The topological polar surface area (TPSA) is 83.4 Å². The molecule has 6 nitrogen and oxygen atoms in total. The number of hydrogen-bond donors (Lipinski definition) is 1. The SMILES string of the molecule is COc1cc(-c2noc(CN)n2)c(Cl)c2c1OCC2. The normalized spacial score (nSPS) is 13.2. The monoisotopic (exact) mass is 281 g/mol. The van der Waals surface area contributed by atoms with E-state index in [1.54, 1.807) is 13.2 Å². The second-order valence-corrected chi connectivity index (χ2v) is 4.44. The van der Waals surface area contributed by atoms with E-state index < -0.39 is 0 Å². The predicted molar refractivity (Wildman–Crippen MR) is 68.4 cm³/mol. The molecule has 0 saturated heterocycles. The Balaban J connectivity index is 2.16. The van der Waals surface area contributed by atoms with E-state index in [0.29, 0.717) is 40.4 Å². The summed E-state index contributed by atoms with van der Waals surface area (Å²) >= 11 is 6.38. The molecule has 0 saturated carbocycles. The van der Waals surface area contributed by atoms with Crippen molar-refractivity contribution >= 4 is 11.6 Å². The number of hydrogen-bond acceptors (Lipinski definition) is 6. The van der Waals surface area contributed by atoms with Gasteiger partial charge >= 0.3 is 0 Å². The Morgan fingerprint density at radius 3 is 3.05 bits per heavy atom. The molecular formula is C12H12ClN3O3. The first-order chi connectivity index (χ1) is 9.24. The molecule has 0 radical (unpaired) electrons. The minimum atomic E-state index is 0.190. The van der Waals surface area contributed by atoms with Gasteiger partial charge in [-0.3, -0.25) is 0 Å². The highest BCUT2D eigenvalue weighted by Crippen LogP contribution is 2.44. The molecular weight excluding hydrogens is 270 g/mol. The molecule has 1 aliphatic heterocycles. The number of fused-ring (bicyclic) bond motifs is 1. The molecule has 0 spiro atoms. The van der Waals surface area contributed by atoms with Crippen LogP contribution in [0.5, 0.6) is 11.5 Å². The van der Waals surface area contributed by atoms with Crippen LogP contribution in [0.1, 0.15) is 11.5 Å². The molecule has 2 heterocycles. The molecule has 2 N–H and O–H groups in total. The van der Waals surface area contributed by atoms with Gasteiger partial charge in [-0.2, -0.15) is 4.98 Å². The van der Waals surface area contributed by atoms with Crippen molar-refractivity contribution in [1.82, 2.24) is 10.1 Å². The summed E-state index contributed by atoms with van der Waals surface area (Å²) in [5, 5.41) is 4.44. The molecule has 7 heteroatoms. The van der Waals surface area contributed by atoms with E-state index >= 15 is 0 Å². The molecule has 2 aromatic rings. The minimum Gasteiger partial charge on any atom is -0.493 e. The fourth-order valence-electron chi connectivity index (χ4n) is 2.07. The molecule has 0 unspecified atom stereocenters. The lowest BCUT2D eigenvalue weighted by Gasteiger charge is -2.10. The minimum absolute atomic E-state index is 0.190. The first kappa shape index (κ1) is 12.3. The van der Waals surface area contributed by atoms with Gasteiger partial charge in [-0.25, -0.2) is 0 Å². The number of ether oxygens (including phenoxy) is 2. The van der Waals surface area contributed by atoms with E-state index in [2.05, 4.69) is 10.1 Å². The van der Waals surface area contributed by atoms with E-state index in [1.165, 1.54) is 0 Å². The maximum Gasteiger partial charge on any atom is 0.240 e. The quantitative estimate of drug-likeness (QED) is 0.923. The number of aromatic nitrogens is 2. The number of halogens is 1. The van der Waals surface area contributed by atoms with E-state index in [9.17, 15) is 0 Å². The van der Waals surface area contributed by atoms with Crippen molar-refractivity contribution < 1.29 is 14.0 Å². The zero-order valence-corrected chi connectivity index (χ0v) is 11.0. The van der Waals surface area contributed by atoms with Crippen molar-refractivity contribution in [3.8, 4) is 22.9 Å². The summed E-state index contributed by atoms with van der Waals surface area (Å²) in [7, 11) is 1.58. The van der Waals surface area contributed by atoms with Crippen molar-refractivity contribution in [2.45, 2.75) is 13.0 Å². The summed E-state index contributed by atoms with van der Waals surface area (Å²) in [6.45, 7) is 0.783. The fourth-order valence-corrected chi connectivity index (χ4v) is 2.39. The van der Waals surface area contributed by atoms with Crippen LogP contribution in [0.15, 0.2) is 10.6 Å². The van der Waals surface area contributed by atoms with Crippen LogP contribution in [-0.2, 0) is 13.0 Å². The van der Waals surface area contributed by atoms with Gasteiger partial charge in [0.1, 0.15) is 0 Å². The first-order valence-electron chi connectivity index (χ1n) is 5.79. The van der Waals surface area contributed by atoms with Crippen LogP contribution >= 0.6 is 11.6 Å². The summed E-state index contributed by atoms with van der Waals surface area (Å²) in [6, 6.07) is 1.75. The smallest absolute Gasteiger partial charge is 0.240 e. The van der Waals surface area contributed by atoms with Gasteiger partial charge in [0.05, 0.1) is 25.3 Å². The summed E-state index contributed by atoms with van der Waals surface area (Å²) in [4.78, 5) is 4.18. The third kappa shape index (κ3) is 1.93. The first-order valence-corrected chi connectivity index (χ1v) is 6.17. The van der Waals surface area contributed by atoms with Crippen LogP contribution in [0.4, 0.5) is 0 Å². The average molecular weight is 282 g/mol. The van der Waals surface area contributed by atoms with Gasteiger partial charge in [-0.05, 0) is 6.07 Å². The molecule has 0 amide bonds. The van der Waals surface area contributed by atoms with E-state index in [1.807, 2.05) is 0 Å². The summed E-state index contributed by atoms with van der Waals surface area (Å²) in [5.41, 5.74) is 7.02. The van der Waals surface area contributed by atoms with Crippen LogP contribution in [0.2, 0.25) is 5.02 Å². The van der Waals surface area contributed by atoms with Gasteiger partial charge < -0.3 is 19.7 Å². The molecule has 0 fully saturated rings. The largest absolute Gasteiger partial charge is 0.493 e. The van der Waals surface area contributed by atoms with E-state index in [4.69, 9.17) is 31.3 Å². The van der Waals surface area contributed by atoms with Crippen molar-refractivity contribution in [2.24, 2.45) is 5.73 Å². The summed E-state index contributed by atoms with van der Waals surface area (Å²) in [5.74, 6) is 2.07. The lowest BCUT2D eigenvalue weighted by Crippen LogP contribution is -1.96. The molecule has 1 aromatic heterocycles. The van der Waals surface area contributed by atoms with Gasteiger partial charge in [0.15, 0.2) is 11.5 Å². The number of nitrogens with two attached hydrogens (primary N) is 1. The van der Waals surface area contributed by atoms with Crippen molar-refractivity contribution in [3.05, 3.63) is 22.5 Å². The van der Waals surface area contributed by atoms with Crippen LogP contribution in [0.25, 0.3) is 11.4 Å². The fraction of sp³-hybridized carbons (Fsp3) is 0.333. The van der Waals surface area contributed by atoms with Gasteiger partial charge in [0.2, 0.25) is 11.7 Å². The van der Waals surface area contributed by atoms with Crippen molar-refractivity contribution in [1.29, 1.82) is 0 Å². The Bertz CT molecular complexity index is 627. The Hall–Kier alpha value is -1.79. The average Bonchev–Trinajstić information content (AvgIpc) is 3.08. The maximum atomic E-state index is 6.38. The zero-order chi connectivity index (χ0) is 13.4. The lowest BCUT2D eigenvalue weighted by molar-refractivity contribution is 0.326. The van der Waals surface area contributed by atoms with Crippen LogP contribution in [-0.4, -0.2) is 23.9 Å². The molecule has 3 rings (SSSR count). The summed E-state index contributed by atoms with van der Waals surface area (Å²) in [6.07, 6.45) is 0.736. The Morgan fingerprint density at radius 2 is 2.37 bits per heavy atom. The Labute approximate surface area is 114 Å². The van der Waals surface area contributed by atoms with Gasteiger partial charge in [-0.1, -0.05) is 16.8 Å². The lowest BCUT2D eigenvalue weighted by atomic mass is 10.1. The maximum absolute atomic E-state index is 6.38. The highest BCUT2D eigenvalue weighted by molar-refractivity contribution is 6.34. The molecule has 0 aliphatic carbocycles. The predicted octanol–water partition coefficient (Wildman–Crippen LogP) is 1.79. The third-order valence-electron chi connectivity index (χ3n) is 2.98.